The van der Waals surface area contributed by atoms with Crippen LogP contribution in [0.2, 0.25) is 0 Å². The molecule has 0 radical (unpaired) electrons. The summed E-state index contributed by atoms with van der Waals surface area (Å²) in [5.41, 5.74) is 1.02. The van der Waals surface area contributed by atoms with Crippen molar-refractivity contribution in [1.29, 1.82) is 0 Å². The highest BCUT2D eigenvalue weighted by atomic mass is 32.2. The molecule has 6 heteroatoms. The predicted molar refractivity (Wildman–Crippen MR) is 82.5 cm³/mol. The summed E-state index contributed by atoms with van der Waals surface area (Å²) in [5, 5.41) is -0.511. The predicted octanol–water partition coefficient (Wildman–Crippen LogP) is 3.25. The van der Waals surface area contributed by atoms with Crippen molar-refractivity contribution in [3.05, 3.63) is 29.8 Å². The number of ether oxygens (including phenoxy) is 2. The van der Waals surface area contributed by atoms with Crippen LogP contribution in [0, 0.1) is 6.92 Å². The van der Waals surface area contributed by atoms with Gasteiger partial charge in [-0.2, -0.15) is 0 Å². The second-order valence-electron chi connectivity index (χ2n) is 5.57. The van der Waals surface area contributed by atoms with Gasteiger partial charge in [-0.15, -0.1) is 0 Å². The van der Waals surface area contributed by atoms with Gasteiger partial charge in [0, 0.05) is 6.42 Å². The van der Waals surface area contributed by atoms with Gasteiger partial charge in [0.15, 0.2) is 9.84 Å². The van der Waals surface area contributed by atoms with Crippen LogP contribution in [0.5, 0.6) is 0 Å². The molecular weight excluding hydrogens is 304 g/mol. The van der Waals surface area contributed by atoms with E-state index in [4.69, 9.17) is 9.47 Å². The van der Waals surface area contributed by atoms with E-state index in [1.54, 1.807) is 31.2 Å². The third kappa shape index (κ3) is 4.00. The minimum Gasteiger partial charge on any atom is -0.435 e. The Morgan fingerprint density at radius 3 is 2.55 bits per heavy atom. The van der Waals surface area contributed by atoms with Crippen LogP contribution in [0.15, 0.2) is 29.2 Å². The number of carbonyl (C=O) groups is 1. The van der Waals surface area contributed by atoms with Crippen LogP contribution in [0.4, 0.5) is 4.79 Å². The molecule has 1 aliphatic rings. The maximum absolute atomic E-state index is 12.7. The van der Waals surface area contributed by atoms with Gasteiger partial charge in [-0.3, -0.25) is 0 Å². The van der Waals surface area contributed by atoms with E-state index in [0.717, 1.165) is 12.0 Å². The molecule has 0 unspecified atom stereocenters. The van der Waals surface area contributed by atoms with Gasteiger partial charge < -0.3 is 9.47 Å². The lowest BCUT2D eigenvalue weighted by molar-refractivity contribution is 0.0143. The van der Waals surface area contributed by atoms with Gasteiger partial charge in [0.25, 0.3) is 0 Å². The van der Waals surface area contributed by atoms with Crippen molar-refractivity contribution in [2.45, 2.75) is 55.8 Å². The summed E-state index contributed by atoms with van der Waals surface area (Å²) in [7, 11) is -3.39. The summed E-state index contributed by atoms with van der Waals surface area (Å²) in [5.74, 6) is 0. The monoisotopic (exact) mass is 326 g/mol. The summed E-state index contributed by atoms with van der Waals surface area (Å²) in [6.07, 6.45) is 1.21. The second-order valence-corrected chi connectivity index (χ2v) is 7.80. The first-order valence-corrected chi connectivity index (χ1v) is 9.12. The third-order valence-corrected chi connectivity index (χ3v) is 6.13. The van der Waals surface area contributed by atoms with Crippen LogP contribution in [0.1, 0.15) is 38.2 Å². The molecule has 1 aromatic carbocycles. The van der Waals surface area contributed by atoms with Crippen LogP contribution < -0.4 is 0 Å². The second kappa shape index (κ2) is 7.13. The number of hydrogen-bond acceptors (Lipinski definition) is 5. The lowest BCUT2D eigenvalue weighted by Gasteiger charge is -2.28. The van der Waals surface area contributed by atoms with Gasteiger partial charge in [-0.05, 0) is 45.2 Å². The Morgan fingerprint density at radius 1 is 1.23 bits per heavy atom. The van der Waals surface area contributed by atoms with Crippen molar-refractivity contribution in [1.82, 2.24) is 0 Å². The number of carbonyl (C=O) groups excluding carboxylic acids is 1. The van der Waals surface area contributed by atoms with E-state index in [-0.39, 0.29) is 6.61 Å². The Kier molecular flexibility index (Phi) is 5.45. The lowest BCUT2D eigenvalue weighted by Crippen LogP contribution is -2.33. The Bertz CT molecular complexity index is 606. The molecule has 1 aliphatic carbocycles. The van der Waals surface area contributed by atoms with E-state index in [2.05, 4.69) is 0 Å². The highest BCUT2D eigenvalue weighted by molar-refractivity contribution is 7.92. The minimum absolute atomic E-state index is 0.247. The standard InChI is InChI=1S/C16H22O5S/c1-3-20-16(17)21-13-5-4-6-15(11-13)22(18,19)14-9-7-12(2)8-10-14/h7-10,13,15H,3-6,11H2,1-2H3/t13-,15+/m0/s1. The largest absolute Gasteiger partial charge is 0.508 e. The Morgan fingerprint density at radius 2 is 1.91 bits per heavy atom. The van der Waals surface area contributed by atoms with Gasteiger partial charge in [0.1, 0.15) is 6.10 Å². The van der Waals surface area contributed by atoms with Crippen molar-refractivity contribution < 1.29 is 22.7 Å². The van der Waals surface area contributed by atoms with Gasteiger partial charge in [0.05, 0.1) is 16.8 Å². The fourth-order valence-electron chi connectivity index (χ4n) is 2.70. The summed E-state index contributed by atoms with van der Waals surface area (Å²) in [4.78, 5) is 11.7. The molecule has 122 valence electrons. The number of benzene rings is 1. The molecule has 0 aromatic heterocycles. The van der Waals surface area contributed by atoms with E-state index in [1.807, 2.05) is 6.92 Å². The van der Waals surface area contributed by atoms with Gasteiger partial charge in [-0.25, -0.2) is 13.2 Å². The molecule has 5 nitrogen and oxygen atoms in total. The summed E-state index contributed by atoms with van der Waals surface area (Å²) >= 11 is 0. The fraction of sp³-hybridized carbons (Fsp3) is 0.562. The first kappa shape index (κ1) is 16.8. The summed E-state index contributed by atoms with van der Waals surface area (Å²) < 4.78 is 35.3. The lowest BCUT2D eigenvalue weighted by atomic mass is 9.97. The van der Waals surface area contributed by atoms with Crippen molar-refractivity contribution in [2.75, 3.05) is 6.61 Å². The van der Waals surface area contributed by atoms with E-state index >= 15 is 0 Å². The van der Waals surface area contributed by atoms with Crippen LogP contribution in [-0.4, -0.2) is 32.5 Å². The maximum atomic E-state index is 12.7. The van der Waals surface area contributed by atoms with Crippen LogP contribution in [0.3, 0.4) is 0 Å². The molecule has 1 fully saturated rings. The number of rotatable bonds is 4. The molecule has 1 aromatic rings. The zero-order chi connectivity index (χ0) is 16.2. The van der Waals surface area contributed by atoms with Crippen LogP contribution >= 0.6 is 0 Å². The molecule has 0 N–H and O–H groups in total. The molecule has 0 amide bonds. The van der Waals surface area contributed by atoms with E-state index in [9.17, 15) is 13.2 Å². The van der Waals surface area contributed by atoms with Crippen molar-refractivity contribution >= 4 is 16.0 Å². The normalized spacial score (nSPS) is 22.1. The van der Waals surface area contributed by atoms with E-state index in [0.29, 0.717) is 24.2 Å². The molecule has 2 rings (SSSR count). The molecule has 0 bridgehead atoms. The van der Waals surface area contributed by atoms with Gasteiger partial charge >= 0.3 is 6.16 Å². The zero-order valence-corrected chi connectivity index (χ0v) is 13.8. The van der Waals surface area contributed by atoms with Crippen molar-refractivity contribution in [3.63, 3.8) is 0 Å². The topological polar surface area (TPSA) is 69.7 Å². The third-order valence-electron chi connectivity index (χ3n) is 3.89. The molecule has 0 spiro atoms. The average molecular weight is 326 g/mol. The molecule has 1 saturated carbocycles. The first-order chi connectivity index (χ1) is 10.4. The van der Waals surface area contributed by atoms with Crippen LogP contribution in [0.25, 0.3) is 0 Å². The Labute approximate surface area is 131 Å². The van der Waals surface area contributed by atoms with Crippen molar-refractivity contribution in [2.24, 2.45) is 0 Å². The summed E-state index contributed by atoms with van der Waals surface area (Å²) in [6.45, 7) is 3.86. The molecular formula is C16H22O5S. The zero-order valence-electron chi connectivity index (χ0n) is 12.9. The number of sulfone groups is 1. The molecule has 2 atom stereocenters. The Balaban J connectivity index is 2.07. The van der Waals surface area contributed by atoms with Gasteiger partial charge in [0.2, 0.25) is 0 Å². The molecule has 22 heavy (non-hydrogen) atoms. The maximum Gasteiger partial charge on any atom is 0.508 e. The quantitative estimate of drug-likeness (QED) is 0.794. The number of hydrogen-bond donors (Lipinski definition) is 0. The number of aryl methyl sites for hydroxylation is 1. The first-order valence-electron chi connectivity index (χ1n) is 7.57. The average Bonchev–Trinajstić information content (AvgIpc) is 2.48. The fourth-order valence-corrected chi connectivity index (χ4v) is 4.54. The van der Waals surface area contributed by atoms with E-state index in [1.165, 1.54) is 0 Å². The molecule has 0 aliphatic heterocycles. The molecule has 0 saturated heterocycles. The van der Waals surface area contributed by atoms with Crippen molar-refractivity contribution in [3.8, 4) is 0 Å². The summed E-state index contributed by atoms with van der Waals surface area (Å²) in [6, 6.07) is 6.87. The SMILES string of the molecule is CCOC(=O)O[C@H]1CCC[C@@H](S(=O)(=O)c2ccc(C)cc2)C1. The minimum atomic E-state index is -3.39. The highest BCUT2D eigenvalue weighted by Crippen LogP contribution is 2.30. The molecule has 0 heterocycles. The van der Waals surface area contributed by atoms with Crippen LogP contribution in [-0.2, 0) is 19.3 Å². The Hall–Kier alpha value is -1.56. The highest BCUT2D eigenvalue weighted by Gasteiger charge is 2.34. The van der Waals surface area contributed by atoms with E-state index < -0.39 is 27.3 Å². The van der Waals surface area contributed by atoms with Gasteiger partial charge in [-0.1, -0.05) is 17.7 Å². The smallest absolute Gasteiger partial charge is 0.435 e.